The summed E-state index contributed by atoms with van der Waals surface area (Å²) in [7, 11) is -21.3. The fourth-order valence-corrected chi connectivity index (χ4v) is 46.5. The van der Waals surface area contributed by atoms with Gasteiger partial charge in [0.25, 0.3) is 0 Å². The van der Waals surface area contributed by atoms with Crippen LogP contribution in [0.5, 0.6) is 0 Å². The fraction of sp³-hybridized carbons (Fsp3) is 1.00. The third kappa shape index (κ3) is 59.0. The molecule has 0 radical (unpaired) electrons. The van der Waals surface area contributed by atoms with E-state index in [2.05, 4.69) is 73.4 Å². The molecule has 0 amide bonds. The number of hydrogen-bond acceptors (Lipinski definition) is 13. The minimum absolute atomic E-state index is 0.450. The first kappa shape index (κ1) is 118. The van der Waals surface area contributed by atoms with Crippen LogP contribution in [0.25, 0.3) is 0 Å². The molecule has 124 heavy (non-hydrogen) atoms. The Labute approximate surface area is 794 Å². The third-order valence-corrected chi connectivity index (χ3v) is 50.7. The highest BCUT2D eigenvalue weighted by Crippen LogP contribution is 2.47. The average molecular weight is 1990 g/mol. The van der Waals surface area contributed by atoms with Gasteiger partial charge in [0.2, 0.25) is 0 Å². The first-order chi connectivity index (χ1) is 60.8. The van der Waals surface area contributed by atoms with Crippen LogP contribution in [0, 0.1) is 0 Å². The van der Waals surface area contributed by atoms with E-state index >= 15 is 0 Å². The second kappa shape index (κ2) is 80.8. The van der Waals surface area contributed by atoms with Crippen molar-refractivity contribution in [3.05, 3.63) is 0 Å². The lowest BCUT2D eigenvalue weighted by atomic mass is 9.97. The SMILES string of the molecule is CCCCCCCCCCCCCCCCCC[SiH]1O[Si]2(CCCCCCCCCCCBr)OC(C(C)O[Si](O)(CCCCCCCCCCCCCCCCCC)O2)C(OC)C2O[Si](CCCCCCCCCCCCCCCCCC)(O1)O[Si]1(CCCCCCCCCCCBr)OC2C(C)O[Si](O)(CCCCCCCCCCCCCCCCCC)O1. The summed E-state index contributed by atoms with van der Waals surface area (Å²) >= 11 is 7.32. The quantitative estimate of drug-likeness (QED) is 0.0339. The summed E-state index contributed by atoms with van der Waals surface area (Å²) in [5.41, 5.74) is 0. The number of ether oxygens (including phenoxy) is 1. The molecule has 0 saturated carbocycles. The first-order valence-corrected chi connectivity index (χ1v) is 69.5. The third-order valence-electron chi connectivity index (χ3n) is 28.0. The molecule has 0 aliphatic carbocycles. The van der Waals surface area contributed by atoms with E-state index in [1.807, 2.05) is 0 Å². The van der Waals surface area contributed by atoms with Crippen molar-refractivity contribution >= 4 is 85.2 Å². The van der Waals surface area contributed by atoms with E-state index in [1.54, 1.807) is 7.11 Å². The highest BCUT2D eigenvalue weighted by molar-refractivity contribution is 9.09. The van der Waals surface area contributed by atoms with Crippen LogP contribution in [0.4, 0.5) is 0 Å². The number of halogens is 2. The molecular formula is C103H210Br2O13Si6. The van der Waals surface area contributed by atoms with Crippen molar-refractivity contribution in [2.75, 3.05) is 17.8 Å². The molecule has 738 valence electrons. The van der Waals surface area contributed by atoms with E-state index in [1.165, 1.54) is 417 Å². The maximum atomic E-state index is 13.7. The Morgan fingerprint density at radius 3 is 0.702 bits per heavy atom. The Balaban J connectivity index is 1.78. The van der Waals surface area contributed by atoms with Crippen LogP contribution in [0.15, 0.2) is 0 Å². The van der Waals surface area contributed by atoms with Crippen LogP contribution in [0.1, 0.15) is 568 Å². The van der Waals surface area contributed by atoms with Crippen LogP contribution < -0.4 is 0 Å². The lowest BCUT2D eigenvalue weighted by molar-refractivity contribution is -0.147. The number of rotatable bonds is 91. The molecular weight excluding hydrogens is 1770 g/mol. The van der Waals surface area contributed by atoms with Gasteiger partial charge < -0.3 is 57.0 Å². The van der Waals surface area contributed by atoms with Gasteiger partial charge in [0.15, 0.2) is 0 Å². The van der Waals surface area contributed by atoms with Crippen molar-refractivity contribution < 1.29 is 57.0 Å². The zero-order valence-electron chi connectivity index (χ0n) is 83.3. The first-order valence-electron chi connectivity index (χ1n) is 55.8. The second-order valence-electron chi connectivity index (χ2n) is 40.0. The molecule has 4 heterocycles. The van der Waals surface area contributed by atoms with E-state index in [9.17, 15) is 9.59 Å². The summed E-state index contributed by atoms with van der Waals surface area (Å²) in [6, 6.07) is 3.34. The summed E-state index contributed by atoms with van der Waals surface area (Å²) in [6.07, 6.45) is 99.1. The van der Waals surface area contributed by atoms with Gasteiger partial charge in [0.1, 0.15) is 24.4 Å². The molecule has 0 spiro atoms. The number of hydrogen-bond donors (Lipinski definition) is 2. The molecule has 4 aliphatic heterocycles. The molecule has 0 aromatic rings. The Kier molecular flexibility index (Phi) is 76.9. The molecule has 6 bridgehead atoms. The van der Waals surface area contributed by atoms with Crippen molar-refractivity contribution in [1.82, 2.24) is 0 Å². The van der Waals surface area contributed by atoms with Gasteiger partial charge in [-0.1, -0.05) is 541 Å². The van der Waals surface area contributed by atoms with Crippen molar-refractivity contribution in [2.45, 2.75) is 641 Å². The molecule has 2 N–H and O–H groups in total. The molecule has 0 aromatic carbocycles. The lowest BCUT2D eigenvalue weighted by Gasteiger charge is -2.46. The molecule has 12 atom stereocenters. The largest absolute Gasteiger partial charge is 0.491 e. The molecule has 4 fully saturated rings. The molecule has 12 unspecified atom stereocenters. The maximum Gasteiger partial charge on any atom is 0.491 e. The Bertz CT molecular complexity index is 2310. The van der Waals surface area contributed by atoms with Crippen LogP contribution >= 0.6 is 31.9 Å². The van der Waals surface area contributed by atoms with Gasteiger partial charge >= 0.3 is 53.3 Å². The maximum absolute atomic E-state index is 13.7. The molecule has 0 aromatic heterocycles. The number of methoxy groups -OCH3 is 1. The van der Waals surface area contributed by atoms with Gasteiger partial charge in [0, 0.05) is 48.0 Å². The predicted molar refractivity (Wildman–Crippen MR) is 550 cm³/mol. The van der Waals surface area contributed by atoms with Gasteiger partial charge in [-0.25, -0.2) is 0 Å². The van der Waals surface area contributed by atoms with Crippen LogP contribution in [0.3, 0.4) is 0 Å². The van der Waals surface area contributed by atoms with Gasteiger partial charge in [-0.15, -0.1) is 0 Å². The van der Waals surface area contributed by atoms with Gasteiger partial charge in [-0.2, -0.15) is 0 Å². The number of fused-ring (bicyclic) bond motifs is 7. The van der Waals surface area contributed by atoms with E-state index in [4.69, 9.17) is 47.4 Å². The average Bonchev–Trinajstić information content (AvgIpc) is 1.58. The van der Waals surface area contributed by atoms with E-state index in [-0.39, 0.29) is 0 Å². The van der Waals surface area contributed by atoms with Gasteiger partial charge in [-0.3, -0.25) is 0 Å². The highest BCUT2D eigenvalue weighted by Gasteiger charge is 2.69. The smallest absolute Gasteiger partial charge is 0.396 e. The summed E-state index contributed by atoms with van der Waals surface area (Å²) in [5, 5.41) is 2.16. The van der Waals surface area contributed by atoms with Gasteiger partial charge in [0.05, 0.1) is 12.2 Å². The minimum Gasteiger partial charge on any atom is -0.396 e. The standard InChI is InChI=1S/C103H210Br2O13Si6/c1-8-12-16-20-24-28-32-36-40-44-48-52-60-68-76-84-92-119-114-122(95-87-79-71-64-56-58-66-74-82-90-104)111-100(98(5)109-120(106,116-122)93-85-77-69-61-53-49-45-41-37-33-29-25-21-17-13-9-2)102(108-7)103-101-99(6)110-121(107,94-86-78-70-62-54-50-46-42-38-34-30-26-22-18-14-10-3)117-124(112-101,97-89-81-73-65-57-59-67-75-83-91-105)118-123(113-103,115-119)96-88-80-72-63-55-51-47-43-39-35-31-27-23-19-15-11-4/h98-103,106-107,119H,8-97H2,1-7H3. The summed E-state index contributed by atoms with van der Waals surface area (Å²) in [5.74, 6) is 0. The van der Waals surface area contributed by atoms with E-state index in [0.717, 1.165) is 126 Å². The molecule has 4 aliphatic rings. The van der Waals surface area contributed by atoms with E-state index < -0.39 is 89.9 Å². The normalized spacial score (nSPS) is 24.8. The molecule has 4 rings (SSSR count). The Hall–Kier alpha value is 1.74. The monoisotopic (exact) mass is 1980 g/mol. The molecule has 13 nitrogen and oxygen atoms in total. The van der Waals surface area contributed by atoms with Crippen molar-refractivity contribution in [1.29, 1.82) is 0 Å². The van der Waals surface area contributed by atoms with E-state index in [0.29, 0.717) is 30.2 Å². The van der Waals surface area contributed by atoms with Crippen molar-refractivity contribution in [2.24, 2.45) is 0 Å². The van der Waals surface area contributed by atoms with Crippen LogP contribution in [-0.4, -0.2) is 117 Å². The fourth-order valence-electron chi connectivity index (χ4n) is 20.1. The van der Waals surface area contributed by atoms with Gasteiger partial charge in [-0.05, 0) is 64.8 Å². The minimum atomic E-state index is -4.05. The lowest BCUT2D eigenvalue weighted by Crippen LogP contribution is -2.66. The summed E-state index contributed by atoms with van der Waals surface area (Å²) in [6.45, 7) is 13.4. The van der Waals surface area contributed by atoms with Crippen LogP contribution in [0.2, 0.25) is 36.3 Å². The number of alkyl halides is 2. The van der Waals surface area contributed by atoms with Crippen molar-refractivity contribution in [3.63, 3.8) is 0 Å². The summed E-state index contributed by atoms with van der Waals surface area (Å²) < 4.78 is 85.9. The van der Waals surface area contributed by atoms with Crippen molar-refractivity contribution in [3.8, 4) is 0 Å². The van der Waals surface area contributed by atoms with Crippen LogP contribution in [-0.2, 0) is 47.4 Å². The zero-order valence-corrected chi connectivity index (χ0v) is 92.6. The summed E-state index contributed by atoms with van der Waals surface area (Å²) in [4.78, 5) is 27.4. The molecule has 21 heteroatoms. The Morgan fingerprint density at radius 1 is 0.234 bits per heavy atom. The molecule has 4 saturated heterocycles. The number of unbranched alkanes of at least 4 members (excludes halogenated alkanes) is 76. The Morgan fingerprint density at radius 2 is 0.435 bits per heavy atom. The second-order valence-corrected chi connectivity index (χ2v) is 58.0. The zero-order chi connectivity index (χ0) is 89.0. The highest BCUT2D eigenvalue weighted by atomic mass is 79.9. The predicted octanol–water partition coefficient (Wildman–Crippen LogP) is 34.9. The topological polar surface area (TPSA) is 142 Å².